The summed E-state index contributed by atoms with van der Waals surface area (Å²) < 4.78 is 15.0. The van der Waals surface area contributed by atoms with Crippen LogP contribution in [-0.2, 0) is 0 Å². The topological polar surface area (TPSA) is 59.8 Å². The minimum atomic E-state index is -0.642. The molecule has 0 aliphatic carbocycles. The normalized spacial score (nSPS) is 10.5. The number of pyridine rings is 1. The van der Waals surface area contributed by atoms with Crippen molar-refractivity contribution in [1.82, 2.24) is 14.8 Å². The van der Waals surface area contributed by atoms with E-state index in [0.29, 0.717) is 5.82 Å². The molecule has 0 saturated heterocycles. The SMILES string of the molecule is O=C(Nc1ccnn1-c1ccncc1)c1ccc(Cl)c(F)c1. The van der Waals surface area contributed by atoms with Crippen LogP contribution in [0.2, 0.25) is 5.02 Å². The number of carbonyl (C=O) groups excluding carboxylic acids is 1. The molecule has 1 amide bonds. The Balaban J connectivity index is 1.86. The molecular weight excluding hydrogens is 307 g/mol. The summed E-state index contributed by atoms with van der Waals surface area (Å²) in [6, 6.07) is 9.03. The van der Waals surface area contributed by atoms with Crippen LogP contribution in [0.4, 0.5) is 10.2 Å². The molecule has 0 saturated carbocycles. The van der Waals surface area contributed by atoms with Gasteiger partial charge in [-0.25, -0.2) is 9.07 Å². The number of amides is 1. The van der Waals surface area contributed by atoms with Crippen molar-refractivity contribution >= 4 is 23.3 Å². The largest absolute Gasteiger partial charge is 0.306 e. The molecule has 2 heterocycles. The van der Waals surface area contributed by atoms with Crippen LogP contribution in [-0.4, -0.2) is 20.7 Å². The molecule has 7 heteroatoms. The highest BCUT2D eigenvalue weighted by Gasteiger charge is 2.12. The molecule has 0 radical (unpaired) electrons. The Hall–Kier alpha value is -2.73. The van der Waals surface area contributed by atoms with Gasteiger partial charge in [-0.2, -0.15) is 5.10 Å². The fourth-order valence-electron chi connectivity index (χ4n) is 1.91. The van der Waals surface area contributed by atoms with E-state index in [-0.39, 0.29) is 10.6 Å². The standard InChI is InChI=1S/C15H10ClFN4O/c16-12-2-1-10(9-13(12)17)15(22)20-14-5-8-19-21(14)11-3-6-18-7-4-11/h1-9H,(H,20,22). The summed E-state index contributed by atoms with van der Waals surface area (Å²) in [5, 5.41) is 6.80. The molecule has 5 nitrogen and oxygen atoms in total. The highest BCUT2D eigenvalue weighted by atomic mass is 35.5. The molecule has 0 fully saturated rings. The fraction of sp³-hybridized carbons (Fsp3) is 0. The lowest BCUT2D eigenvalue weighted by molar-refractivity contribution is 0.102. The molecule has 3 rings (SSSR count). The van der Waals surface area contributed by atoms with E-state index in [1.165, 1.54) is 12.1 Å². The number of rotatable bonds is 3. The van der Waals surface area contributed by atoms with Gasteiger partial charge >= 0.3 is 0 Å². The quantitative estimate of drug-likeness (QED) is 0.806. The van der Waals surface area contributed by atoms with E-state index in [2.05, 4.69) is 15.4 Å². The van der Waals surface area contributed by atoms with Gasteiger partial charge in [0.25, 0.3) is 5.91 Å². The predicted molar refractivity (Wildman–Crippen MR) is 80.7 cm³/mol. The number of aromatic nitrogens is 3. The first-order valence-corrected chi connectivity index (χ1v) is 6.74. The monoisotopic (exact) mass is 316 g/mol. The number of halogens is 2. The average molecular weight is 317 g/mol. The number of nitrogens with one attached hydrogen (secondary N) is 1. The second-order valence-corrected chi connectivity index (χ2v) is 4.82. The minimum absolute atomic E-state index is 0.0293. The summed E-state index contributed by atoms with van der Waals surface area (Å²) in [6.07, 6.45) is 4.80. The third-order valence-corrected chi connectivity index (χ3v) is 3.28. The molecule has 0 spiro atoms. The van der Waals surface area contributed by atoms with Crippen LogP contribution in [0.1, 0.15) is 10.4 Å². The van der Waals surface area contributed by atoms with Gasteiger partial charge in [0.05, 0.1) is 16.9 Å². The third kappa shape index (κ3) is 2.82. The fourth-order valence-corrected chi connectivity index (χ4v) is 2.03. The van der Waals surface area contributed by atoms with Gasteiger partial charge in [0.1, 0.15) is 11.6 Å². The number of anilines is 1. The van der Waals surface area contributed by atoms with E-state index in [4.69, 9.17) is 11.6 Å². The maximum Gasteiger partial charge on any atom is 0.256 e. The number of hydrogen-bond acceptors (Lipinski definition) is 3. The summed E-state index contributed by atoms with van der Waals surface area (Å²) in [5.41, 5.74) is 0.918. The second kappa shape index (κ2) is 5.95. The Labute approximate surface area is 130 Å². The molecule has 0 aliphatic rings. The van der Waals surface area contributed by atoms with Crippen molar-refractivity contribution in [1.29, 1.82) is 0 Å². The maximum absolute atomic E-state index is 13.4. The van der Waals surface area contributed by atoms with E-state index >= 15 is 0 Å². The molecule has 0 unspecified atom stereocenters. The molecule has 0 bridgehead atoms. The molecule has 1 aromatic carbocycles. The van der Waals surface area contributed by atoms with Gasteiger partial charge < -0.3 is 5.32 Å². The zero-order chi connectivity index (χ0) is 15.5. The van der Waals surface area contributed by atoms with Crippen LogP contribution in [0.3, 0.4) is 0 Å². The van der Waals surface area contributed by atoms with Gasteiger partial charge in [0, 0.05) is 24.0 Å². The Bertz CT molecular complexity index is 819. The minimum Gasteiger partial charge on any atom is -0.306 e. The van der Waals surface area contributed by atoms with E-state index < -0.39 is 11.7 Å². The van der Waals surface area contributed by atoms with Crippen LogP contribution in [0.5, 0.6) is 0 Å². The Morgan fingerprint density at radius 3 is 2.64 bits per heavy atom. The van der Waals surface area contributed by atoms with Crippen LogP contribution in [0, 0.1) is 5.82 Å². The Morgan fingerprint density at radius 2 is 1.91 bits per heavy atom. The summed E-state index contributed by atoms with van der Waals surface area (Å²) in [6.45, 7) is 0. The van der Waals surface area contributed by atoms with Gasteiger partial charge in [-0.05, 0) is 30.3 Å². The van der Waals surface area contributed by atoms with Crippen LogP contribution < -0.4 is 5.32 Å². The molecule has 0 atom stereocenters. The Kier molecular flexibility index (Phi) is 3.84. The van der Waals surface area contributed by atoms with Gasteiger partial charge in [0.2, 0.25) is 0 Å². The summed E-state index contributed by atoms with van der Waals surface area (Å²) in [5.74, 6) is -0.630. The number of hydrogen-bond donors (Lipinski definition) is 1. The van der Waals surface area contributed by atoms with Crippen molar-refractivity contribution in [2.75, 3.05) is 5.32 Å². The highest BCUT2D eigenvalue weighted by molar-refractivity contribution is 6.30. The molecule has 110 valence electrons. The van der Waals surface area contributed by atoms with Crippen molar-refractivity contribution in [3.05, 3.63) is 71.4 Å². The molecule has 2 aromatic heterocycles. The number of carbonyl (C=O) groups is 1. The lowest BCUT2D eigenvalue weighted by atomic mass is 10.2. The van der Waals surface area contributed by atoms with E-state index in [9.17, 15) is 9.18 Å². The lowest BCUT2D eigenvalue weighted by Crippen LogP contribution is -2.15. The number of benzene rings is 1. The summed E-state index contributed by atoms with van der Waals surface area (Å²) in [4.78, 5) is 16.1. The predicted octanol–water partition coefficient (Wildman–Crippen LogP) is 3.31. The van der Waals surface area contributed by atoms with Crippen molar-refractivity contribution in [2.45, 2.75) is 0 Å². The molecule has 0 aliphatic heterocycles. The van der Waals surface area contributed by atoms with E-state index in [1.807, 2.05) is 0 Å². The van der Waals surface area contributed by atoms with Gasteiger partial charge in [0.15, 0.2) is 0 Å². The third-order valence-electron chi connectivity index (χ3n) is 2.97. The maximum atomic E-state index is 13.4. The van der Waals surface area contributed by atoms with Crippen molar-refractivity contribution in [2.24, 2.45) is 0 Å². The molecule has 22 heavy (non-hydrogen) atoms. The lowest BCUT2D eigenvalue weighted by Gasteiger charge is -2.09. The van der Waals surface area contributed by atoms with Crippen molar-refractivity contribution in [3.63, 3.8) is 0 Å². The van der Waals surface area contributed by atoms with E-state index in [1.54, 1.807) is 41.5 Å². The van der Waals surface area contributed by atoms with Crippen molar-refractivity contribution < 1.29 is 9.18 Å². The smallest absolute Gasteiger partial charge is 0.256 e. The Morgan fingerprint density at radius 1 is 1.14 bits per heavy atom. The molecule has 1 N–H and O–H groups in total. The molecule has 3 aromatic rings. The van der Waals surface area contributed by atoms with Gasteiger partial charge in [-0.15, -0.1) is 0 Å². The summed E-state index contributed by atoms with van der Waals surface area (Å²) in [7, 11) is 0. The zero-order valence-corrected chi connectivity index (χ0v) is 12.0. The van der Waals surface area contributed by atoms with Crippen LogP contribution in [0.25, 0.3) is 5.69 Å². The molecular formula is C15H10ClFN4O. The average Bonchev–Trinajstić information content (AvgIpc) is 2.99. The second-order valence-electron chi connectivity index (χ2n) is 4.42. The number of nitrogens with zero attached hydrogens (tertiary/aromatic N) is 3. The van der Waals surface area contributed by atoms with Gasteiger partial charge in [-0.3, -0.25) is 9.78 Å². The van der Waals surface area contributed by atoms with Crippen LogP contribution >= 0.6 is 11.6 Å². The first kappa shape index (κ1) is 14.2. The van der Waals surface area contributed by atoms with E-state index in [0.717, 1.165) is 11.8 Å². The van der Waals surface area contributed by atoms with Crippen molar-refractivity contribution in [3.8, 4) is 5.69 Å². The first-order valence-electron chi connectivity index (χ1n) is 6.36. The summed E-state index contributed by atoms with van der Waals surface area (Å²) >= 11 is 5.61. The first-order chi connectivity index (χ1) is 10.6. The van der Waals surface area contributed by atoms with Crippen LogP contribution in [0.15, 0.2) is 55.0 Å². The zero-order valence-electron chi connectivity index (χ0n) is 11.2. The van der Waals surface area contributed by atoms with Gasteiger partial charge in [-0.1, -0.05) is 11.6 Å². The highest BCUT2D eigenvalue weighted by Crippen LogP contribution is 2.18.